The molecular formula is C12H15NS. The number of thiazole rings is 1. The molecule has 1 unspecified atom stereocenters. The van der Waals surface area contributed by atoms with Gasteiger partial charge in [0.05, 0.1) is 11.2 Å². The van der Waals surface area contributed by atoms with E-state index in [-0.39, 0.29) is 0 Å². The first kappa shape index (κ1) is 9.66. The lowest BCUT2D eigenvalue weighted by molar-refractivity contribution is 0.747. The molecular weight excluding hydrogens is 190 g/mol. The van der Waals surface area contributed by atoms with Crippen molar-refractivity contribution in [2.75, 3.05) is 0 Å². The predicted molar refractivity (Wildman–Crippen MR) is 62.4 cm³/mol. The molecule has 2 heteroatoms. The Morgan fingerprint density at radius 3 is 3.14 bits per heavy atom. The lowest BCUT2D eigenvalue weighted by Gasteiger charge is -2.19. The van der Waals surface area contributed by atoms with E-state index in [0.717, 1.165) is 6.42 Å². The van der Waals surface area contributed by atoms with Gasteiger partial charge in [0.1, 0.15) is 0 Å². The zero-order chi connectivity index (χ0) is 10.1. The summed E-state index contributed by atoms with van der Waals surface area (Å²) in [5.74, 6) is 0.591. The third-order valence-electron chi connectivity index (χ3n) is 2.91. The van der Waals surface area contributed by atoms with Gasteiger partial charge in [0.2, 0.25) is 0 Å². The molecule has 0 fully saturated rings. The largest absolute Gasteiger partial charge is 0.245 e. The van der Waals surface area contributed by atoms with Crippen LogP contribution in [0.25, 0.3) is 5.57 Å². The highest BCUT2D eigenvalue weighted by Crippen LogP contribution is 2.33. The molecule has 1 atom stereocenters. The lowest BCUT2D eigenvalue weighted by atomic mass is 9.88. The van der Waals surface area contributed by atoms with Crippen LogP contribution in [0.15, 0.2) is 23.2 Å². The van der Waals surface area contributed by atoms with Gasteiger partial charge in [-0.15, -0.1) is 11.3 Å². The Balaban J connectivity index is 2.36. The van der Waals surface area contributed by atoms with E-state index in [2.05, 4.69) is 37.9 Å². The first-order valence-electron chi connectivity index (χ1n) is 4.96. The summed E-state index contributed by atoms with van der Waals surface area (Å²) in [7, 11) is 0. The summed E-state index contributed by atoms with van der Waals surface area (Å²) >= 11 is 1.78. The molecule has 1 heterocycles. The minimum atomic E-state index is 0.591. The Labute approximate surface area is 89.2 Å². The predicted octanol–water partition coefficient (Wildman–Crippen LogP) is 3.68. The Hall–Kier alpha value is -0.890. The van der Waals surface area contributed by atoms with Gasteiger partial charge in [-0.05, 0) is 32.8 Å². The zero-order valence-corrected chi connectivity index (χ0v) is 9.69. The maximum atomic E-state index is 4.39. The quantitative estimate of drug-likeness (QED) is 0.637. The molecule has 0 spiro atoms. The molecule has 1 aromatic rings. The van der Waals surface area contributed by atoms with Crippen LogP contribution in [0.4, 0.5) is 0 Å². The second kappa shape index (κ2) is 3.70. The number of fused-ring (bicyclic) bond motifs is 1. The van der Waals surface area contributed by atoms with Crippen molar-refractivity contribution in [3.05, 3.63) is 33.8 Å². The van der Waals surface area contributed by atoms with E-state index >= 15 is 0 Å². The number of hydrogen-bond donors (Lipinski definition) is 0. The minimum Gasteiger partial charge on any atom is -0.245 e. The third-order valence-corrected chi connectivity index (χ3v) is 3.77. The van der Waals surface area contributed by atoms with Crippen molar-refractivity contribution in [3.8, 4) is 0 Å². The van der Waals surface area contributed by atoms with Gasteiger partial charge < -0.3 is 0 Å². The van der Waals surface area contributed by atoms with Crippen molar-refractivity contribution in [3.63, 3.8) is 0 Å². The fourth-order valence-corrected chi connectivity index (χ4v) is 2.77. The second-order valence-electron chi connectivity index (χ2n) is 3.82. The topological polar surface area (TPSA) is 12.9 Å². The number of nitrogens with zero attached hydrogens (tertiary/aromatic N) is 1. The number of allylic oxidation sites excluding steroid dienone is 4. The SMILES string of the molecule is C/C=C(\C)C1C=C(C)c2ncsc2C1. The highest BCUT2D eigenvalue weighted by Gasteiger charge is 2.20. The van der Waals surface area contributed by atoms with E-state index < -0.39 is 0 Å². The van der Waals surface area contributed by atoms with Crippen LogP contribution in [0, 0.1) is 5.92 Å². The summed E-state index contributed by atoms with van der Waals surface area (Å²) in [6, 6.07) is 0. The van der Waals surface area contributed by atoms with Gasteiger partial charge in [0, 0.05) is 10.8 Å². The fraction of sp³-hybridized carbons (Fsp3) is 0.417. The monoisotopic (exact) mass is 205 g/mol. The molecule has 0 aliphatic heterocycles. The van der Waals surface area contributed by atoms with E-state index in [9.17, 15) is 0 Å². The molecule has 1 aliphatic carbocycles. The summed E-state index contributed by atoms with van der Waals surface area (Å²) in [5.41, 5.74) is 5.97. The van der Waals surface area contributed by atoms with Crippen LogP contribution in [-0.4, -0.2) is 4.98 Å². The molecule has 0 saturated carbocycles. The van der Waals surface area contributed by atoms with Gasteiger partial charge in [-0.3, -0.25) is 0 Å². The first-order chi connectivity index (χ1) is 6.72. The van der Waals surface area contributed by atoms with Gasteiger partial charge in [-0.25, -0.2) is 4.98 Å². The molecule has 0 radical (unpaired) electrons. The highest BCUT2D eigenvalue weighted by atomic mass is 32.1. The van der Waals surface area contributed by atoms with Crippen LogP contribution < -0.4 is 0 Å². The van der Waals surface area contributed by atoms with Gasteiger partial charge in [0.25, 0.3) is 0 Å². The molecule has 74 valence electrons. The molecule has 2 rings (SSSR count). The summed E-state index contributed by atoms with van der Waals surface area (Å²) in [4.78, 5) is 5.83. The van der Waals surface area contributed by atoms with Crippen LogP contribution in [-0.2, 0) is 6.42 Å². The zero-order valence-electron chi connectivity index (χ0n) is 8.87. The fourth-order valence-electron chi connectivity index (χ4n) is 1.88. The van der Waals surface area contributed by atoms with Gasteiger partial charge >= 0.3 is 0 Å². The van der Waals surface area contributed by atoms with Crippen LogP contribution in [0.5, 0.6) is 0 Å². The Morgan fingerprint density at radius 1 is 1.64 bits per heavy atom. The maximum Gasteiger partial charge on any atom is 0.0801 e. The summed E-state index contributed by atoms with van der Waals surface area (Å²) in [6.07, 6.45) is 5.69. The number of hydrogen-bond acceptors (Lipinski definition) is 2. The van der Waals surface area contributed by atoms with Crippen molar-refractivity contribution >= 4 is 16.9 Å². The average molecular weight is 205 g/mol. The van der Waals surface area contributed by atoms with E-state index in [0.29, 0.717) is 5.92 Å². The Kier molecular flexibility index (Phi) is 2.55. The molecule has 0 N–H and O–H groups in total. The van der Waals surface area contributed by atoms with Crippen LogP contribution in [0.2, 0.25) is 0 Å². The maximum absolute atomic E-state index is 4.39. The van der Waals surface area contributed by atoms with Crippen LogP contribution >= 0.6 is 11.3 Å². The van der Waals surface area contributed by atoms with E-state index in [1.165, 1.54) is 21.7 Å². The van der Waals surface area contributed by atoms with Crippen LogP contribution in [0.1, 0.15) is 31.3 Å². The first-order valence-corrected chi connectivity index (χ1v) is 5.84. The van der Waals surface area contributed by atoms with Crippen molar-refractivity contribution in [2.24, 2.45) is 5.92 Å². The van der Waals surface area contributed by atoms with Crippen molar-refractivity contribution < 1.29 is 0 Å². The Bertz CT molecular complexity index is 398. The molecule has 14 heavy (non-hydrogen) atoms. The van der Waals surface area contributed by atoms with Crippen molar-refractivity contribution in [1.82, 2.24) is 4.98 Å². The standard InChI is InChI=1S/C12H15NS/c1-4-8(2)10-5-9(3)12-11(6-10)14-7-13-12/h4-5,7,10H,6H2,1-3H3/b8-4+. The molecule has 0 aromatic carbocycles. The molecule has 1 aliphatic rings. The molecule has 1 nitrogen and oxygen atoms in total. The van der Waals surface area contributed by atoms with Gasteiger partial charge in [-0.1, -0.05) is 17.7 Å². The highest BCUT2D eigenvalue weighted by molar-refractivity contribution is 7.09. The molecule has 0 bridgehead atoms. The molecule has 1 aromatic heterocycles. The van der Waals surface area contributed by atoms with Crippen LogP contribution in [0.3, 0.4) is 0 Å². The molecule has 0 saturated heterocycles. The van der Waals surface area contributed by atoms with E-state index in [4.69, 9.17) is 0 Å². The normalized spacial score (nSPS) is 21.8. The summed E-state index contributed by atoms with van der Waals surface area (Å²) in [6.45, 7) is 6.48. The lowest BCUT2D eigenvalue weighted by Crippen LogP contribution is -2.08. The third kappa shape index (κ3) is 1.55. The van der Waals surface area contributed by atoms with Crippen molar-refractivity contribution in [2.45, 2.75) is 27.2 Å². The van der Waals surface area contributed by atoms with E-state index in [1.54, 1.807) is 11.3 Å². The average Bonchev–Trinajstić information content (AvgIpc) is 2.64. The number of rotatable bonds is 1. The van der Waals surface area contributed by atoms with Gasteiger partial charge in [0.15, 0.2) is 0 Å². The minimum absolute atomic E-state index is 0.591. The van der Waals surface area contributed by atoms with Crippen molar-refractivity contribution in [1.29, 1.82) is 0 Å². The van der Waals surface area contributed by atoms with E-state index in [1.807, 2.05) is 5.51 Å². The molecule has 0 amide bonds. The Morgan fingerprint density at radius 2 is 2.43 bits per heavy atom. The number of aromatic nitrogens is 1. The van der Waals surface area contributed by atoms with Gasteiger partial charge in [-0.2, -0.15) is 0 Å². The smallest absolute Gasteiger partial charge is 0.0801 e. The second-order valence-corrected chi connectivity index (χ2v) is 4.76. The summed E-state index contributed by atoms with van der Waals surface area (Å²) in [5, 5.41) is 0. The summed E-state index contributed by atoms with van der Waals surface area (Å²) < 4.78 is 0.